The first kappa shape index (κ1) is 21.2. The lowest BCUT2D eigenvalue weighted by atomic mass is 10.1. The zero-order valence-electron chi connectivity index (χ0n) is 17.4. The number of rotatable bonds is 8. The molecule has 1 unspecified atom stereocenters. The molecule has 6 nitrogen and oxygen atoms in total. The molecule has 0 saturated carbocycles. The summed E-state index contributed by atoms with van der Waals surface area (Å²) in [7, 11) is 0. The van der Waals surface area contributed by atoms with E-state index in [9.17, 15) is 9.59 Å². The van der Waals surface area contributed by atoms with Gasteiger partial charge >= 0.3 is 0 Å². The first-order valence-electron chi connectivity index (χ1n) is 9.92. The molecule has 0 aliphatic carbocycles. The lowest BCUT2D eigenvalue weighted by molar-refractivity contribution is -0.122. The van der Waals surface area contributed by atoms with E-state index in [1.54, 1.807) is 42.7 Å². The van der Waals surface area contributed by atoms with Gasteiger partial charge in [-0.05, 0) is 61.7 Å². The molecule has 0 aliphatic heterocycles. The van der Waals surface area contributed by atoms with Crippen LogP contribution in [0.25, 0.3) is 0 Å². The Labute approximate surface area is 176 Å². The second-order valence-corrected chi connectivity index (χ2v) is 7.08. The number of hydrogen-bond donors (Lipinski definition) is 2. The van der Waals surface area contributed by atoms with Crippen LogP contribution < -0.4 is 15.4 Å². The van der Waals surface area contributed by atoms with Gasteiger partial charge in [-0.25, -0.2) is 0 Å². The molecule has 30 heavy (non-hydrogen) atoms. The normalized spacial score (nSPS) is 11.6. The van der Waals surface area contributed by atoms with E-state index in [0.29, 0.717) is 29.2 Å². The van der Waals surface area contributed by atoms with Crippen LogP contribution in [0, 0.1) is 13.8 Å². The molecule has 0 radical (unpaired) electrons. The van der Waals surface area contributed by atoms with Crippen molar-refractivity contribution in [2.75, 3.05) is 5.32 Å². The lowest BCUT2D eigenvalue weighted by Crippen LogP contribution is -2.33. The summed E-state index contributed by atoms with van der Waals surface area (Å²) in [6, 6.07) is 16.3. The van der Waals surface area contributed by atoms with E-state index in [0.717, 1.165) is 11.1 Å². The zero-order chi connectivity index (χ0) is 21.5. The number of anilines is 1. The molecule has 2 N–H and O–H groups in total. The Morgan fingerprint density at radius 3 is 2.60 bits per heavy atom. The van der Waals surface area contributed by atoms with Crippen molar-refractivity contribution in [2.45, 2.75) is 39.8 Å². The van der Waals surface area contributed by atoms with Crippen molar-refractivity contribution < 1.29 is 18.7 Å². The van der Waals surface area contributed by atoms with Gasteiger partial charge < -0.3 is 19.8 Å². The summed E-state index contributed by atoms with van der Waals surface area (Å²) >= 11 is 0. The molecule has 0 spiro atoms. The topological polar surface area (TPSA) is 80.6 Å². The predicted octanol–water partition coefficient (Wildman–Crippen LogP) is 4.62. The van der Waals surface area contributed by atoms with E-state index < -0.39 is 6.10 Å². The van der Waals surface area contributed by atoms with E-state index in [2.05, 4.69) is 10.6 Å². The summed E-state index contributed by atoms with van der Waals surface area (Å²) in [5.41, 5.74) is 2.83. The van der Waals surface area contributed by atoms with Gasteiger partial charge in [-0.15, -0.1) is 0 Å². The van der Waals surface area contributed by atoms with Crippen molar-refractivity contribution in [3.05, 3.63) is 83.3 Å². The van der Waals surface area contributed by atoms with Crippen LogP contribution >= 0.6 is 0 Å². The van der Waals surface area contributed by atoms with Gasteiger partial charge in [0.05, 0.1) is 24.1 Å². The van der Waals surface area contributed by atoms with Gasteiger partial charge in [0.2, 0.25) is 0 Å². The third kappa shape index (κ3) is 5.29. The summed E-state index contributed by atoms with van der Waals surface area (Å²) in [5.74, 6) is 0.731. The van der Waals surface area contributed by atoms with Crippen LogP contribution in [0.2, 0.25) is 0 Å². The molecule has 156 valence electrons. The van der Waals surface area contributed by atoms with Crippen molar-refractivity contribution in [3.63, 3.8) is 0 Å². The highest BCUT2D eigenvalue weighted by molar-refractivity contribution is 6.04. The molecule has 2 amide bonds. The number of furan rings is 1. The number of benzene rings is 2. The number of aryl methyl sites for hydroxylation is 2. The molecule has 6 heteroatoms. The smallest absolute Gasteiger partial charge is 0.265 e. The third-order valence-corrected chi connectivity index (χ3v) is 4.71. The van der Waals surface area contributed by atoms with Crippen LogP contribution in [-0.2, 0) is 11.3 Å². The summed E-state index contributed by atoms with van der Waals surface area (Å²) in [5, 5.41) is 5.64. The number of hydrogen-bond acceptors (Lipinski definition) is 4. The van der Waals surface area contributed by atoms with Crippen LogP contribution in [0.15, 0.2) is 65.3 Å². The second-order valence-electron chi connectivity index (χ2n) is 7.08. The Kier molecular flexibility index (Phi) is 6.91. The van der Waals surface area contributed by atoms with Gasteiger partial charge in [0.25, 0.3) is 11.8 Å². The average Bonchev–Trinajstić information content (AvgIpc) is 3.26. The van der Waals surface area contributed by atoms with Crippen LogP contribution in [0.5, 0.6) is 5.75 Å². The standard InChI is InChI=1S/C24H26N2O4/c1-4-21(30-22-14-16(2)11-12-17(22)3)24(28)26-20-10-6-5-9-19(20)23(27)25-15-18-8-7-13-29-18/h5-14,21H,4,15H2,1-3H3,(H,25,27)(H,26,28). The molecule has 3 rings (SSSR count). The Balaban J connectivity index is 1.70. The van der Waals surface area contributed by atoms with Crippen molar-refractivity contribution in [2.24, 2.45) is 0 Å². The van der Waals surface area contributed by atoms with Gasteiger partial charge in [-0.1, -0.05) is 31.2 Å². The summed E-state index contributed by atoms with van der Waals surface area (Å²) < 4.78 is 11.2. The summed E-state index contributed by atoms with van der Waals surface area (Å²) in [4.78, 5) is 25.5. The number of amides is 2. The van der Waals surface area contributed by atoms with Crippen molar-refractivity contribution >= 4 is 17.5 Å². The first-order chi connectivity index (χ1) is 14.5. The van der Waals surface area contributed by atoms with Crippen molar-refractivity contribution in [3.8, 4) is 5.75 Å². The molecule has 2 aromatic carbocycles. The van der Waals surface area contributed by atoms with Gasteiger partial charge in [0, 0.05) is 0 Å². The highest BCUT2D eigenvalue weighted by Gasteiger charge is 2.21. The molecular formula is C24H26N2O4. The third-order valence-electron chi connectivity index (χ3n) is 4.71. The zero-order valence-corrected chi connectivity index (χ0v) is 17.4. The largest absolute Gasteiger partial charge is 0.480 e. The van der Waals surface area contributed by atoms with Crippen molar-refractivity contribution in [1.82, 2.24) is 5.32 Å². The number of nitrogens with one attached hydrogen (secondary N) is 2. The molecule has 1 aromatic heterocycles. The van der Waals surface area contributed by atoms with Crippen LogP contribution in [0.3, 0.4) is 0 Å². The first-order valence-corrected chi connectivity index (χ1v) is 9.92. The van der Waals surface area contributed by atoms with E-state index in [4.69, 9.17) is 9.15 Å². The minimum absolute atomic E-state index is 0.265. The summed E-state index contributed by atoms with van der Waals surface area (Å²) in [6.45, 7) is 6.07. The van der Waals surface area contributed by atoms with Gasteiger partial charge in [-0.3, -0.25) is 9.59 Å². The van der Waals surface area contributed by atoms with E-state index in [1.807, 2.05) is 39.0 Å². The van der Waals surface area contributed by atoms with Crippen LogP contribution in [0.1, 0.15) is 40.6 Å². The molecule has 0 fully saturated rings. The fourth-order valence-electron chi connectivity index (χ4n) is 2.99. The monoisotopic (exact) mass is 406 g/mol. The Morgan fingerprint density at radius 2 is 1.87 bits per heavy atom. The maximum absolute atomic E-state index is 12.9. The quantitative estimate of drug-likeness (QED) is 0.572. The highest BCUT2D eigenvalue weighted by atomic mass is 16.5. The molecule has 0 bridgehead atoms. The lowest BCUT2D eigenvalue weighted by Gasteiger charge is -2.20. The number of carbonyl (C=O) groups is 2. The maximum Gasteiger partial charge on any atom is 0.265 e. The molecular weight excluding hydrogens is 380 g/mol. The molecule has 0 saturated heterocycles. The second kappa shape index (κ2) is 9.78. The fourth-order valence-corrected chi connectivity index (χ4v) is 2.99. The van der Waals surface area contributed by atoms with Crippen LogP contribution in [-0.4, -0.2) is 17.9 Å². The molecule has 3 aromatic rings. The van der Waals surface area contributed by atoms with Gasteiger partial charge in [0.15, 0.2) is 6.10 Å². The van der Waals surface area contributed by atoms with Gasteiger partial charge in [0.1, 0.15) is 11.5 Å². The minimum Gasteiger partial charge on any atom is -0.480 e. The maximum atomic E-state index is 12.9. The number of carbonyl (C=O) groups excluding carboxylic acids is 2. The Bertz CT molecular complexity index is 1010. The molecule has 1 heterocycles. The molecule has 1 atom stereocenters. The van der Waals surface area contributed by atoms with E-state index in [1.165, 1.54) is 0 Å². The SMILES string of the molecule is CCC(Oc1cc(C)ccc1C)C(=O)Nc1ccccc1C(=O)NCc1ccco1. The van der Waals surface area contributed by atoms with E-state index >= 15 is 0 Å². The summed E-state index contributed by atoms with van der Waals surface area (Å²) in [6.07, 6.45) is 1.37. The number of ether oxygens (including phenoxy) is 1. The Hall–Kier alpha value is -3.54. The van der Waals surface area contributed by atoms with Gasteiger partial charge in [-0.2, -0.15) is 0 Å². The number of para-hydroxylation sites is 1. The average molecular weight is 406 g/mol. The van der Waals surface area contributed by atoms with E-state index in [-0.39, 0.29) is 18.4 Å². The molecule has 0 aliphatic rings. The van der Waals surface area contributed by atoms with Crippen LogP contribution in [0.4, 0.5) is 5.69 Å². The highest BCUT2D eigenvalue weighted by Crippen LogP contribution is 2.22. The predicted molar refractivity (Wildman–Crippen MR) is 116 cm³/mol. The van der Waals surface area contributed by atoms with Crippen molar-refractivity contribution in [1.29, 1.82) is 0 Å². The minimum atomic E-state index is -0.676. The Morgan fingerprint density at radius 1 is 1.07 bits per heavy atom. The fraction of sp³-hybridized carbons (Fsp3) is 0.250.